The van der Waals surface area contributed by atoms with Crippen LogP contribution in [0.1, 0.15) is 30.7 Å². The topological polar surface area (TPSA) is 65.1 Å². The van der Waals surface area contributed by atoms with Crippen LogP contribution in [0.15, 0.2) is 0 Å². The Morgan fingerprint density at radius 1 is 1.25 bits per heavy atom. The molecule has 3 rings (SSSR count). The maximum atomic E-state index is 12.7. The van der Waals surface area contributed by atoms with E-state index in [1.165, 1.54) is 0 Å². The molecule has 1 atom stereocenters. The standard InChI is InChI=1S/C14H23N5O/c1-18-7-5-11(6-8-18)19(2)14(20)10-3-4-12-13(9-10)16-17-15-12/h10-11H,3-9H2,1-2H3,(H,15,16,17). The van der Waals surface area contributed by atoms with E-state index in [-0.39, 0.29) is 11.8 Å². The molecule has 0 bridgehead atoms. The van der Waals surface area contributed by atoms with Crippen molar-refractivity contribution in [3.63, 3.8) is 0 Å². The predicted molar refractivity (Wildman–Crippen MR) is 75.2 cm³/mol. The summed E-state index contributed by atoms with van der Waals surface area (Å²) in [4.78, 5) is 17.0. The molecule has 1 N–H and O–H groups in total. The summed E-state index contributed by atoms with van der Waals surface area (Å²) in [6, 6.07) is 0.400. The predicted octanol–water partition coefficient (Wildman–Crippen LogP) is 0.462. The number of aromatic nitrogens is 3. The van der Waals surface area contributed by atoms with Crippen LogP contribution in [0.5, 0.6) is 0 Å². The summed E-state index contributed by atoms with van der Waals surface area (Å²) >= 11 is 0. The molecule has 1 saturated heterocycles. The maximum absolute atomic E-state index is 12.7. The van der Waals surface area contributed by atoms with Crippen LogP contribution in [-0.4, -0.2) is 64.3 Å². The first kappa shape index (κ1) is 13.5. The van der Waals surface area contributed by atoms with Gasteiger partial charge in [-0.3, -0.25) is 4.79 Å². The SMILES string of the molecule is CN1CCC(N(C)C(=O)C2CCc3n[nH]nc3C2)CC1. The highest BCUT2D eigenvalue weighted by Gasteiger charge is 2.32. The van der Waals surface area contributed by atoms with E-state index in [2.05, 4.69) is 27.4 Å². The van der Waals surface area contributed by atoms with Gasteiger partial charge >= 0.3 is 0 Å². The van der Waals surface area contributed by atoms with Gasteiger partial charge in [0.1, 0.15) is 0 Å². The van der Waals surface area contributed by atoms with Crippen molar-refractivity contribution < 1.29 is 4.79 Å². The fraction of sp³-hybridized carbons (Fsp3) is 0.786. The number of carbonyl (C=O) groups excluding carboxylic acids is 1. The molecule has 1 unspecified atom stereocenters. The molecule has 2 aliphatic rings. The second-order valence-corrected chi connectivity index (χ2v) is 6.14. The summed E-state index contributed by atoms with van der Waals surface area (Å²) in [5, 5.41) is 11.0. The zero-order valence-corrected chi connectivity index (χ0v) is 12.3. The van der Waals surface area contributed by atoms with Gasteiger partial charge in [0.05, 0.1) is 11.4 Å². The highest BCUT2D eigenvalue weighted by atomic mass is 16.2. The fourth-order valence-corrected chi connectivity index (χ4v) is 3.35. The third-order valence-electron chi connectivity index (χ3n) is 4.81. The number of nitrogens with one attached hydrogen (secondary N) is 1. The van der Waals surface area contributed by atoms with Crippen LogP contribution in [0, 0.1) is 5.92 Å². The smallest absolute Gasteiger partial charge is 0.226 e. The number of aryl methyl sites for hydroxylation is 1. The fourth-order valence-electron chi connectivity index (χ4n) is 3.35. The van der Waals surface area contributed by atoms with Gasteiger partial charge in [0.15, 0.2) is 0 Å². The Hall–Kier alpha value is -1.43. The number of H-pyrrole nitrogens is 1. The highest BCUT2D eigenvalue weighted by molar-refractivity contribution is 5.79. The Morgan fingerprint density at radius 3 is 2.70 bits per heavy atom. The summed E-state index contributed by atoms with van der Waals surface area (Å²) in [6.45, 7) is 2.17. The molecule has 6 heteroatoms. The lowest BCUT2D eigenvalue weighted by molar-refractivity contribution is -0.137. The summed E-state index contributed by atoms with van der Waals surface area (Å²) in [6.07, 6.45) is 4.67. The van der Waals surface area contributed by atoms with Gasteiger partial charge in [0.2, 0.25) is 5.91 Å². The van der Waals surface area contributed by atoms with Crippen molar-refractivity contribution in [3.8, 4) is 0 Å². The van der Waals surface area contributed by atoms with Gasteiger partial charge in [0, 0.05) is 25.4 Å². The van der Waals surface area contributed by atoms with E-state index in [9.17, 15) is 4.79 Å². The van der Waals surface area contributed by atoms with Gasteiger partial charge in [-0.15, -0.1) is 0 Å². The Morgan fingerprint density at radius 2 is 1.95 bits per heavy atom. The monoisotopic (exact) mass is 277 g/mol. The van der Waals surface area contributed by atoms with Crippen LogP contribution in [0.2, 0.25) is 0 Å². The minimum absolute atomic E-state index is 0.0808. The van der Waals surface area contributed by atoms with Crippen LogP contribution in [0.25, 0.3) is 0 Å². The third-order valence-corrected chi connectivity index (χ3v) is 4.81. The van der Waals surface area contributed by atoms with Crippen molar-refractivity contribution in [2.24, 2.45) is 5.92 Å². The lowest BCUT2D eigenvalue weighted by Gasteiger charge is -2.37. The molecule has 1 amide bonds. The van der Waals surface area contributed by atoms with Crippen LogP contribution in [0.4, 0.5) is 0 Å². The Balaban J connectivity index is 1.61. The van der Waals surface area contributed by atoms with Crippen molar-refractivity contribution in [3.05, 3.63) is 11.4 Å². The average Bonchev–Trinajstić information content (AvgIpc) is 2.94. The summed E-state index contributed by atoms with van der Waals surface area (Å²) in [5.41, 5.74) is 2.02. The molecule has 110 valence electrons. The van der Waals surface area contributed by atoms with Crippen molar-refractivity contribution in [2.75, 3.05) is 27.2 Å². The second-order valence-electron chi connectivity index (χ2n) is 6.14. The second kappa shape index (κ2) is 5.52. The zero-order chi connectivity index (χ0) is 14.1. The molecule has 0 radical (unpaired) electrons. The summed E-state index contributed by atoms with van der Waals surface area (Å²) in [5.74, 6) is 0.366. The van der Waals surface area contributed by atoms with Gasteiger partial charge in [-0.25, -0.2) is 0 Å². The van der Waals surface area contributed by atoms with E-state index in [0.29, 0.717) is 6.04 Å². The molecule has 6 nitrogen and oxygen atoms in total. The molecular formula is C14H23N5O. The minimum Gasteiger partial charge on any atom is -0.342 e. The Labute approximate surface area is 119 Å². The molecular weight excluding hydrogens is 254 g/mol. The maximum Gasteiger partial charge on any atom is 0.226 e. The number of rotatable bonds is 2. The molecule has 1 fully saturated rings. The molecule has 1 aromatic rings. The van der Waals surface area contributed by atoms with E-state index in [0.717, 1.165) is 56.6 Å². The lowest BCUT2D eigenvalue weighted by atomic mass is 9.88. The number of hydrogen-bond donors (Lipinski definition) is 1. The van der Waals surface area contributed by atoms with Gasteiger partial charge in [-0.05, 0) is 45.8 Å². The number of hydrogen-bond acceptors (Lipinski definition) is 4. The summed E-state index contributed by atoms with van der Waals surface area (Å²) < 4.78 is 0. The van der Waals surface area contributed by atoms with Crippen molar-refractivity contribution in [2.45, 2.75) is 38.1 Å². The van der Waals surface area contributed by atoms with E-state index < -0.39 is 0 Å². The number of aromatic amines is 1. The number of amides is 1. The third kappa shape index (κ3) is 2.57. The Kier molecular flexibility index (Phi) is 3.74. The number of likely N-dealkylation sites (tertiary alicyclic amines) is 1. The van der Waals surface area contributed by atoms with Crippen molar-refractivity contribution in [1.82, 2.24) is 25.2 Å². The Bertz CT molecular complexity index is 478. The van der Waals surface area contributed by atoms with E-state index in [1.807, 2.05) is 11.9 Å². The first-order valence-corrected chi connectivity index (χ1v) is 7.49. The van der Waals surface area contributed by atoms with Gasteiger partial charge < -0.3 is 9.80 Å². The largest absolute Gasteiger partial charge is 0.342 e. The number of fused-ring (bicyclic) bond motifs is 1. The van der Waals surface area contributed by atoms with E-state index in [1.54, 1.807) is 0 Å². The molecule has 0 aromatic carbocycles. The number of piperidine rings is 1. The van der Waals surface area contributed by atoms with E-state index in [4.69, 9.17) is 0 Å². The molecule has 1 aliphatic heterocycles. The van der Waals surface area contributed by atoms with Gasteiger partial charge in [0.25, 0.3) is 0 Å². The minimum atomic E-state index is 0.0808. The normalized spacial score (nSPS) is 24.4. The van der Waals surface area contributed by atoms with Crippen molar-refractivity contribution in [1.29, 1.82) is 0 Å². The molecule has 1 aliphatic carbocycles. The van der Waals surface area contributed by atoms with Crippen molar-refractivity contribution >= 4 is 5.91 Å². The lowest BCUT2D eigenvalue weighted by Crippen LogP contribution is -2.47. The van der Waals surface area contributed by atoms with Gasteiger partial charge in [-0.2, -0.15) is 15.4 Å². The van der Waals surface area contributed by atoms with Crippen LogP contribution in [-0.2, 0) is 17.6 Å². The first-order valence-electron chi connectivity index (χ1n) is 7.49. The molecule has 20 heavy (non-hydrogen) atoms. The molecule has 1 aromatic heterocycles. The quantitative estimate of drug-likeness (QED) is 0.853. The number of nitrogens with zero attached hydrogens (tertiary/aromatic N) is 4. The molecule has 0 saturated carbocycles. The van der Waals surface area contributed by atoms with Gasteiger partial charge in [-0.1, -0.05) is 0 Å². The first-order chi connectivity index (χ1) is 9.65. The molecule has 0 spiro atoms. The molecule has 2 heterocycles. The summed E-state index contributed by atoms with van der Waals surface area (Å²) in [7, 11) is 4.11. The average molecular weight is 277 g/mol. The van der Waals surface area contributed by atoms with Crippen LogP contribution < -0.4 is 0 Å². The number of carbonyl (C=O) groups is 1. The van der Waals surface area contributed by atoms with Crippen LogP contribution in [0.3, 0.4) is 0 Å². The van der Waals surface area contributed by atoms with Crippen LogP contribution >= 0.6 is 0 Å². The highest BCUT2D eigenvalue weighted by Crippen LogP contribution is 2.25. The van der Waals surface area contributed by atoms with E-state index >= 15 is 0 Å². The zero-order valence-electron chi connectivity index (χ0n) is 12.3.